The number of carbonyl (C=O) groups is 4. The van der Waals surface area contributed by atoms with Crippen LogP contribution in [0.1, 0.15) is 83.4 Å². The van der Waals surface area contributed by atoms with Gasteiger partial charge in [-0.05, 0) is 81.0 Å². The van der Waals surface area contributed by atoms with Gasteiger partial charge in [-0.2, -0.15) is 5.26 Å². The van der Waals surface area contributed by atoms with Gasteiger partial charge in [-0.25, -0.2) is 14.2 Å². The molecule has 1 unspecified atom stereocenters. The summed E-state index contributed by atoms with van der Waals surface area (Å²) in [5.74, 6) is -1.73. The van der Waals surface area contributed by atoms with Crippen LogP contribution in [0.4, 0.5) is 15.3 Å². The maximum absolute atomic E-state index is 13.9. The molecule has 0 fully saturated rings. The summed E-state index contributed by atoms with van der Waals surface area (Å²) in [5.41, 5.74) is 11.3. The van der Waals surface area contributed by atoms with Crippen LogP contribution in [0.15, 0.2) is 145 Å². The average molecular weight is 1060 g/mol. The number of amides is 5. The van der Waals surface area contributed by atoms with Crippen molar-refractivity contribution in [3.05, 3.63) is 162 Å². The van der Waals surface area contributed by atoms with Crippen LogP contribution in [-0.2, 0) is 43.5 Å². The summed E-state index contributed by atoms with van der Waals surface area (Å²) in [7, 11) is -7.01. The number of hydrogen-bond donors (Lipinski definition) is 5. The summed E-state index contributed by atoms with van der Waals surface area (Å²) in [4.78, 5) is 52.4. The van der Waals surface area contributed by atoms with Crippen molar-refractivity contribution in [1.29, 1.82) is 5.26 Å². The van der Waals surface area contributed by atoms with Crippen molar-refractivity contribution < 1.29 is 46.5 Å². The molecule has 5 amide bonds. The fourth-order valence-electron chi connectivity index (χ4n) is 9.05. The lowest BCUT2D eigenvalue weighted by molar-refractivity contribution is -0.128. The van der Waals surface area contributed by atoms with E-state index in [0.29, 0.717) is 17.9 Å². The molecule has 5 aromatic rings. The van der Waals surface area contributed by atoms with Crippen molar-refractivity contribution in [3.63, 3.8) is 0 Å². The standard InChI is InChI=1S/C57H69N6O10PSi/c1-40(2)52(63-56(67)69-39-50-48-25-15-13-23-46(48)47-24-14-16-26-49(47)50)54(65)62-51(27-17-34-60-55(59)66)53(64)61-43-30-28-42(29-31-43)38-72-74(68,70-35-18-33-58)71-36-32-41(3)37-73-75(57(4,5)6,44-19-9-7-10-20-44)45-21-11-8-12-22-45/h7-16,19-26,28-32,40,50-52H,17-18,27,34-39H2,1-6H3,(H,61,64)(H,62,65)(H,63,67)(H3,59,60,66)/b41-32+/t51-,52-,74?/m0/s1. The molecule has 0 aliphatic heterocycles. The monoisotopic (exact) mass is 1060 g/mol. The third-order valence-electron chi connectivity index (χ3n) is 12.8. The molecule has 0 bridgehead atoms. The minimum absolute atomic E-state index is 0.0391. The normalized spacial score (nSPS) is 14.1. The predicted octanol–water partition coefficient (Wildman–Crippen LogP) is 9.22. The van der Waals surface area contributed by atoms with Crippen molar-refractivity contribution in [2.45, 2.75) is 90.5 Å². The molecule has 396 valence electrons. The number of phosphoric acid groups is 1. The van der Waals surface area contributed by atoms with Crippen LogP contribution in [0.2, 0.25) is 5.04 Å². The van der Waals surface area contributed by atoms with Gasteiger partial charge in [0.25, 0.3) is 8.32 Å². The minimum Gasteiger partial charge on any atom is -0.449 e. The van der Waals surface area contributed by atoms with Gasteiger partial charge >= 0.3 is 19.9 Å². The Bertz CT molecular complexity index is 2750. The van der Waals surface area contributed by atoms with Gasteiger partial charge in [-0.3, -0.25) is 23.2 Å². The second-order valence-electron chi connectivity index (χ2n) is 19.6. The Balaban J connectivity index is 1.06. The molecule has 0 radical (unpaired) electrons. The van der Waals surface area contributed by atoms with Gasteiger partial charge in [0.05, 0.1) is 38.9 Å². The number of anilines is 1. The Hall–Kier alpha value is -6.90. The van der Waals surface area contributed by atoms with E-state index in [0.717, 1.165) is 38.2 Å². The van der Waals surface area contributed by atoms with E-state index < -0.39 is 52.2 Å². The van der Waals surface area contributed by atoms with Gasteiger partial charge in [-0.1, -0.05) is 168 Å². The van der Waals surface area contributed by atoms with Gasteiger partial charge in [0.1, 0.15) is 18.7 Å². The summed E-state index contributed by atoms with van der Waals surface area (Å²) >= 11 is 0. The lowest BCUT2D eigenvalue weighted by atomic mass is 9.98. The van der Waals surface area contributed by atoms with E-state index in [4.69, 9.17) is 33.7 Å². The van der Waals surface area contributed by atoms with Crippen molar-refractivity contribution in [1.82, 2.24) is 16.0 Å². The number of rotatable bonds is 26. The summed E-state index contributed by atoms with van der Waals surface area (Å²) in [6.45, 7) is 12.0. The Morgan fingerprint density at radius 3 is 1.93 bits per heavy atom. The largest absolute Gasteiger partial charge is 0.475 e. The molecule has 75 heavy (non-hydrogen) atoms. The second kappa shape index (κ2) is 27.1. The number of hydrogen-bond acceptors (Lipinski definition) is 11. The van der Waals surface area contributed by atoms with E-state index in [1.807, 2.05) is 97.9 Å². The van der Waals surface area contributed by atoms with Crippen LogP contribution in [-0.4, -0.2) is 77.3 Å². The zero-order chi connectivity index (χ0) is 54.0. The zero-order valence-corrected chi connectivity index (χ0v) is 45.4. The highest BCUT2D eigenvalue weighted by Gasteiger charge is 2.50. The Morgan fingerprint density at radius 2 is 1.37 bits per heavy atom. The molecule has 3 atom stereocenters. The van der Waals surface area contributed by atoms with Crippen molar-refractivity contribution in [2.75, 3.05) is 38.3 Å². The van der Waals surface area contributed by atoms with Gasteiger partial charge in [0.15, 0.2) is 0 Å². The SMILES string of the molecule is C/C(=C\COP(=O)(OCCC#N)OCc1ccc(NC(=O)[C@H](CCCNC(N)=O)NC(=O)[C@@H](NC(=O)OCC2c3ccccc3-c3ccccc32)C(C)C)cc1)CO[Si](c1ccccc1)(c1ccccc1)C(C)(C)C. The maximum atomic E-state index is 13.9. The van der Waals surface area contributed by atoms with E-state index in [1.54, 1.807) is 44.2 Å². The van der Waals surface area contributed by atoms with Crippen LogP contribution in [0.3, 0.4) is 0 Å². The Morgan fingerprint density at radius 1 is 0.787 bits per heavy atom. The first kappa shape index (κ1) is 57.4. The van der Waals surface area contributed by atoms with Gasteiger partial charge < -0.3 is 36.2 Å². The summed E-state index contributed by atoms with van der Waals surface area (Å²) in [6, 6.07) is 42.2. The fraction of sp³-hybridized carbons (Fsp3) is 0.351. The van der Waals surface area contributed by atoms with Crippen molar-refractivity contribution in [2.24, 2.45) is 11.7 Å². The minimum atomic E-state index is -4.19. The zero-order valence-electron chi connectivity index (χ0n) is 43.5. The Labute approximate surface area is 441 Å². The highest BCUT2D eigenvalue weighted by Crippen LogP contribution is 2.50. The second-order valence-corrected chi connectivity index (χ2v) is 25.6. The molecule has 1 aliphatic rings. The van der Waals surface area contributed by atoms with Crippen LogP contribution < -0.4 is 37.4 Å². The number of nitrogens with zero attached hydrogens (tertiary/aromatic N) is 1. The van der Waals surface area contributed by atoms with Crippen LogP contribution in [0, 0.1) is 17.2 Å². The smallest absolute Gasteiger partial charge is 0.449 e. The molecule has 0 heterocycles. The number of carbonyl (C=O) groups excluding carboxylic acids is 4. The molecule has 18 heteroatoms. The van der Waals surface area contributed by atoms with Gasteiger partial charge in [0.2, 0.25) is 11.8 Å². The molecule has 6 N–H and O–H groups in total. The van der Waals surface area contributed by atoms with E-state index in [2.05, 4.69) is 66.3 Å². The highest BCUT2D eigenvalue weighted by molar-refractivity contribution is 7.48. The van der Waals surface area contributed by atoms with Crippen molar-refractivity contribution >= 4 is 56.1 Å². The fourth-order valence-corrected chi connectivity index (χ4v) is 14.7. The predicted molar refractivity (Wildman–Crippen MR) is 293 cm³/mol. The van der Waals surface area contributed by atoms with Crippen LogP contribution in [0.25, 0.3) is 11.1 Å². The topological polar surface area (TPSA) is 229 Å². The van der Waals surface area contributed by atoms with Gasteiger partial charge in [-0.15, -0.1) is 0 Å². The third kappa shape index (κ3) is 15.6. The summed E-state index contributed by atoms with van der Waals surface area (Å²) < 4.78 is 43.7. The summed E-state index contributed by atoms with van der Waals surface area (Å²) in [5, 5.41) is 22.0. The molecule has 0 spiro atoms. The van der Waals surface area contributed by atoms with Crippen LogP contribution in [0.5, 0.6) is 0 Å². The van der Waals surface area contributed by atoms with E-state index in [1.165, 1.54) is 0 Å². The number of nitrogens with one attached hydrogen (secondary N) is 4. The molecule has 6 rings (SSSR count). The first-order valence-electron chi connectivity index (χ1n) is 25.1. The number of nitriles is 1. The lowest BCUT2D eigenvalue weighted by Crippen LogP contribution is -2.66. The number of ether oxygens (including phenoxy) is 1. The molecule has 1 aliphatic carbocycles. The average Bonchev–Trinajstić information content (AvgIpc) is 3.72. The molecular weight excluding hydrogens is 988 g/mol. The van der Waals surface area contributed by atoms with Gasteiger partial charge in [0, 0.05) is 18.2 Å². The third-order valence-corrected chi connectivity index (χ3v) is 19.2. The first-order valence-corrected chi connectivity index (χ1v) is 28.5. The quantitative estimate of drug-likeness (QED) is 0.0152. The number of primary amides is 1. The van der Waals surface area contributed by atoms with Crippen LogP contribution >= 0.6 is 7.82 Å². The number of alkyl carbamates (subject to hydrolysis) is 1. The highest BCUT2D eigenvalue weighted by atomic mass is 31.2. The first-order chi connectivity index (χ1) is 35.9. The molecule has 0 aromatic heterocycles. The van der Waals surface area contributed by atoms with Crippen molar-refractivity contribution in [3.8, 4) is 17.2 Å². The van der Waals surface area contributed by atoms with E-state index >= 15 is 0 Å². The molecule has 5 aromatic carbocycles. The number of benzene rings is 5. The maximum Gasteiger partial charge on any atom is 0.475 e. The lowest BCUT2D eigenvalue weighted by Gasteiger charge is -2.43. The molecule has 0 saturated heterocycles. The summed E-state index contributed by atoms with van der Waals surface area (Å²) in [6.07, 6.45) is 1.35. The molecule has 0 saturated carbocycles. The molecular formula is C57H69N6O10PSi. The Kier molecular flexibility index (Phi) is 20.7. The molecule has 16 nitrogen and oxygen atoms in total. The van der Waals surface area contributed by atoms with E-state index in [9.17, 15) is 23.7 Å². The number of urea groups is 1. The van der Waals surface area contributed by atoms with E-state index in [-0.39, 0.29) is 69.1 Å². The number of phosphoric ester groups is 1. The number of fused-ring (bicyclic) bond motifs is 3. The number of nitrogens with two attached hydrogens (primary N) is 1.